The predicted octanol–water partition coefficient (Wildman–Crippen LogP) is 6.98. The van der Waals surface area contributed by atoms with E-state index in [2.05, 4.69) is 5.10 Å². The van der Waals surface area contributed by atoms with Crippen molar-refractivity contribution in [2.45, 2.75) is 32.6 Å². The Morgan fingerprint density at radius 2 is 1.71 bits per heavy atom. The zero-order chi connectivity index (χ0) is 25.6. The highest BCUT2D eigenvalue weighted by molar-refractivity contribution is 6.55. The minimum absolute atomic E-state index is 0.109. The summed E-state index contributed by atoms with van der Waals surface area (Å²) in [6.45, 7) is 6.63. The van der Waals surface area contributed by atoms with Gasteiger partial charge in [0.1, 0.15) is 22.6 Å². The van der Waals surface area contributed by atoms with Crippen LogP contribution in [0.4, 0.5) is 0 Å². The van der Waals surface area contributed by atoms with Gasteiger partial charge >= 0.3 is 5.76 Å². The first kappa shape index (κ1) is 27.3. The minimum Gasteiger partial charge on any atom is -0.493 e. The van der Waals surface area contributed by atoms with Gasteiger partial charge in [0.15, 0.2) is 5.75 Å². The van der Waals surface area contributed by atoms with Crippen LogP contribution < -0.4 is 20.0 Å². The van der Waals surface area contributed by atoms with Crippen LogP contribution in [0.25, 0.3) is 5.69 Å². The number of benzene rings is 2. The topological polar surface area (TPSA) is 75.7 Å². The Kier molecular flexibility index (Phi) is 9.41. The molecule has 1 aromatic heterocycles. The lowest BCUT2D eigenvalue weighted by Gasteiger charge is -2.13. The van der Waals surface area contributed by atoms with Gasteiger partial charge in [0, 0.05) is 30.0 Å². The fourth-order valence-corrected chi connectivity index (χ4v) is 3.53. The third-order valence-electron chi connectivity index (χ3n) is 4.51. The molecule has 0 fully saturated rings. The van der Waals surface area contributed by atoms with Crippen molar-refractivity contribution < 1.29 is 18.6 Å². The second kappa shape index (κ2) is 12.1. The molecule has 0 amide bonds. The average molecular weight is 562 g/mol. The second-order valence-corrected chi connectivity index (χ2v) is 10.2. The predicted molar refractivity (Wildman–Crippen MR) is 138 cm³/mol. The third-order valence-corrected chi connectivity index (χ3v) is 5.38. The number of halogens is 4. The van der Waals surface area contributed by atoms with Crippen LogP contribution in [0.15, 0.2) is 56.2 Å². The highest BCUT2D eigenvalue weighted by Crippen LogP contribution is 2.37. The zero-order valence-electron chi connectivity index (χ0n) is 19.3. The number of hydrogen-bond donors (Lipinski definition) is 0. The average Bonchev–Trinajstić information content (AvgIpc) is 3.17. The fraction of sp³-hybridized carbons (Fsp3) is 0.333. The van der Waals surface area contributed by atoms with Crippen molar-refractivity contribution >= 4 is 46.4 Å². The van der Waals surface area contributed by atoms with Gasteiger partial charge in [-0.15, -0.1) is 5.10 Å². The molecule has 35 heavy (non-hydrogen) atoms. The Morgan fingerprint density at radius 1 is 1.03 bits per heavy atom. The van der Waals surface area contributed by atoms with Crippen molar-refractivity contribution in [1.29, 1.82) is 0 Å². The summed E-state index contributed by atoms with van der Waals surface area (Å²) in [4.78, 5) is 12.2. The standard InChI is InChI=1S/C24H24Cl4N2O5/c1-24(2,3)22-29-30(23(31)35-22)15-6-4-7-16(12-15)32-9-5-10-34-21-18(25)13-17(14-19(21)26)33-11-8-20(27)28/h4,6-8,12-14H,5,9-11H2,1-3H3. The monoisotopic (exact) mass is 560 g/mol. The molecule has 7 nitrogen and oxygen atoms in total. The molecule has 2 aromatic carbocycles. The van der Waals surface area contributed by atoms with Gasteiger partial charge in [-0.05, 0) is 18.2 Å². The molecule has 0 atom stereocenters. The van der Waals surface area contributed by atoms with Crippen molar-refractivity contribution in [3.8, 4) is 22.9 Å². The maximum absolute atomic E-state index is 12.2. The maximum Gasteiger partial charge on any atom is 0.441 e. The Balaban J connectivity index is 1.53. The van der Waals surface area contributed by atoms with E-state index in [4.69, 9.17) is 65.0 Å². The Labute approximate surface area is 223 Å². The van der Waals surface area contributed by atoms with Crippen molar-refractivity contribution in [2.24, 2.45) is 0 Å². The third kappa shape index (κ3) is 7.84. The van der Waals surface area contributed by atoms with Crippen LogP contribution in [0.5, 0.6) is 17.2 Å². The number of aromatic nitrogens is 2. The molecule has 0 bridgehead atoms. The summed E-state index contributed by atoms with van der Waals surface area (Å²) < 4.78 is 23.6. The highest BCUT2D eigenvalue weighted by Gasteiger charge is 2.23. The van der Waals surface area contributed by atoms with Gasteiger partial charge in [-0.2, -0.15) is 4.68 Å². The van der Waals surface area contributed by atoms with Crippen molar-refractivity contribution in [2.75, 3.05) is 19.8 Å². The fourth-order valence-electron chi connectivity index (χ4n) is 2.83. The molecule has 1 heterocycles. The molecular formula is C24H24Cl4N2O5. The maximum atomic E-state index is 12.2. The van der Waals surface area contributed by atoms with Gasteiger partial charge < -0.3 is 18.6 Å². The van der Waals surface area contributed by atoms with Crippen LogP contribution in [0.2, 0.25) is 10.0 Å². The quantitative estimate of drug-likeness (QED) is 0.249. The Hall–Kier alpha value is -2.32. The van der Waals surface area contributed by atoms with Crippen molar-refractivity contribution in [3.63, 3.8) is 0 Å². The molecule has 0 spiro atoms. The van der Waals surface area contributed by atoms with Crippen LogP contribution in [-0.2, 0) is 5.41 Å². The first-order chi connectivity index (χ1) is 16.5. The van der Waals surface area contributed by atoms with E-state index >= 15 is 0 Å². The van der Waals surface area contributed by atoms with Gasteiger partial charge in [-0.25, -0.2) is 4.79 Å². The first-order valence-corrected chi connectivity index (χ1v) is 12.2. The smallest absolute Gasteiger partial charge is 0.441 e. The van der Waals surface area contributed by atoms with E-state index in [1.807, 2.05) is 20.8 Å². The number of nitrogens with zero attached hydrogens (tertiary/aromatic N) is 2. The molecule has 188 valence electrons. The van der Waals surface area contributed by atoms with Crippen molar-refractivity contribution in [3.05, 3.63) is 73.5 Å². The summed E-state index contributed by atoms with van der Waals surface area (Å²) >= 11 is 23.7. The molecule has 0 radical (unpaired) electrons. The SMILES string of the molecule is CC(C)(C)c1nn(-c2cccc(OCCCOc3c(Cl)cc(OCC=C(Cl)Cl)cc3Cl)c2)c(=O)o1. The lowest BCUT2D eigenvalue weighted by atomic mass is 9.97. The van der Waals surface area contributed by atoms with Gasteiger partial charge in [0.2, 0.25) is 5.89 Å². The molecule has 0 N–H and O–H groups in total. The zero-order valence-corrected chi connectivity index (χ0v) is 22.3. The van der Waals surface area contributed by atoms with Crippen LogP contribution >= 0.6 is 46.4 Å². The summed E-state index contributed by atoms with van der Waals surface area (Å²) in [5.41, 5.74) is 0.167. The van der Waals surface area contributed by atoms with E-state index in [1.54, 1.807) is 36.4 Å². The summed E-state index contributed by atoms with van der Waals surface area (Å²) in [5, 5.41) is 4.93. The molecule has 0 aliphatic rings. The highest BCUT2D eigenvalue weighted by atomic mass is 35.5. The van der Waals surface area contributed by atoms with E-state index in [9.17, 15) is 4.79 Å². The normalized spacial score (nSPS) is 11.3. The molecule has 0 unspecified atom stereocenters. The lowest BCUT2D eigenvalue weighted by molar-refractivity contribution is 0.247. The minimum atomic E-state index is -0.551. The molecule has 3 aromatic rings. The van der Waals surface area contributed by atoms with E-state index in [1.165, 1.54) is 10.8 Å². The molecule has 0 aliphatic carbocycles. The van der Waals surface area contributed by atoms with Gasteiger partial charge in [0.25, 0.3) is 0 Å². The molecular weight excluding hydrogens is 538 g/mol. The summed E-state index contributed by atoms with van der Waals surface area (Å²) in [6, 6.07) is 10.2. The van der Waals surface area contributed by atoms with Crippen LogP contribution in [0.3, 0.4) is 0 Å². The largest absolute Gasteiger partial charge is 0.493 e. The first-order valence-electron chi connectivity index (χ1n) is 10.6. The van der Waals surface area contributed by atoms with E-state index in [-0.39, 0.29) is 16.5 Å². The Morgan fingerprint density at radius 3 is 2.34 bits per heavy atom. The van der Waals surface area contributed by atoms with Crippen molar-refractivity contribution in [1.82, 2.24) is 9.78 Å². The van der Waals surface area contributed by atoms with E-state index < -0.39 is 5.76 Å². The van der Waals surface area contributed by atoms with Gasteiger partial charge in [0.05, 0.1) is 28.9 Å². The van der Waals surface area contributed by atoms with Gasteiger partial charge in [-0.3, -0.25) is 0 Å². The van der Waals surface area contributed by atoms with Crippen LogP contribution in [0, 0.1) is 0 Å². The molecule has 0 aliphatic heterocycles. The lowest BCUT2D eigenvalue weighted by Crippen LogP contribution is -2.14. The Bertz CT molecular complexity index is 1220. The van der Waals surface area contributed by atoms with Crippen LogP contribution in [0.1, 0.15) is 33.1 Å². The summed E-state index contributed by atoms with van der Waals surface area (Å²) in [5.74, 6) is 1.21. The molecule has 0 saturated carbocycles. The molecule has 3 rings (SSSR count). The summed E-state index contributed by atoms with van der Waals surface area (Å²) in [7, 11) is 0. The second-order valence-electron chi connectivity index (χ2n) is 8.40. The van der Waals surface area contributed by atoms with E-state index in [0.29, 0.717) is 58.5 Å². The molecule has 0 saturated heterocycles. The molecule has 11 heteroatoms. The number of ether oxygens (including phenoxy) is 3. The number of rotatable bonds is 10. The van der Waals surface area contributed by atoms with Crippen LogP contribution in [-0.4, -0.2) is 29.6 Å². The van der Waals surface area contributed by atoms with E-state index in [0.717, 1.165) is 0 Å². The number of hydrogen-bond acceptors (Lipinski definition) is 6. The summed E-state index contributed by atoms with van der Waals surface area (Å²) in [6.07, 6.45) is 2.06. The van der Waals surface area contributed by atoms with Gasteiger partial charge in [-0.1, -0.05) is 73.2 Å².